The van der Waals surface area contributed by atoms with Crippen molar-refractivity contribution in [3.05, 3.63) is 65.2 Å². The van der Waals surface area contributed by atoms with Crippen LogP contribution in [0.2, 0.25) is 0 Å². The minimum Gasteiger partial charge on any atom is -0.489 e. The Hall–Kier alpha value is -1.90. The van der Waals surface area contributed by atoms with Crippen molar-refractivity contribution in [2.75, 3.05) is 0 Å². The van der Waals surface area contributed by atoms with Gasteiger partial charge in [-0.05, 0) is 35.7 Å². The first kappa shape index (κ1) is 13.5. The lowest BCUT2D eigenvalue weighted by Gasteiger charge is -2.10. The van der Waals surface area contributed by atoms with Crippen LogP contribution in [0.25, 0.3) is 0 Å². The van der Waals surface area contributed by atoms with E-state index in [2.05, 4.69) is 13.8 Å². The molecule has 2 aromatic rings. The quantitative estimate of drug-likeness (QED) is 0.778. The Balaban J connectivity index is 2.06. The van der Waals surface area contributed by atoms with Crippen molar-refractivity contribution in [1.29, 1.82) is 0 Å². The summed E-state index contributed by atoms with van der Waals surface area (Å²) in [6.07, 6.45) is 0. The number of rotatable bonds is 4. The van der Waals surface area contributed by atoms with Gasteiger partial charge in [0.05, 0.1) is 5.56 Å². The van der Waals surface area contributed by atoms with Crippen LogP contribution in [0.1, 0.15) is 30.9 Å². The van der Waals surface area contributed by atoms with Gasteiger partial charge in [0.25, 0.3) is 0 Å². The van der Waals surface area contributed by atoms with E-state index in [0.29, 0.717) is 11.7 Å². The summed E-state index contributed by atoms with van der Waals surface area (Å²) in [6.45, 7) is 4.09. The normalized spacial score (nSPS) is 10.8. The molecule has 0 aliphatic rings. The molecule has 0 saturated heterocycles. The molecule has 0 radical (unpaired) electrons. The minimum atomic E-state index is -0.584. The van der Waals surface area contributed by atoms with Gasteiger partial charge in [-0.15, -0.1) is 0 Å². The molecule has 2 aromatic carbocycles. The van der Waals surface area contributed by atoms with Crippen LogP contribution in [0.5, 0.6) is 5.75 Å². The van der Waals surface area contributed by atoms with E-state index in [4.69, 9.17) is 4.74 Å². The lowest BCUT2D eigenvalue weighted by Crippen LogP contribution is -2.01. The van der Waals surface area contributed by atoms with Gasteiger partial charge in [0.15, 0.2) is 0 Å². The largest absolute Gasteiger partial charge is 0.489 e. The second kappa shape index (κ2) is 5.83. The summed E-state index contributed by atoms with van der Waals surface area (Å²) in [5.74, 6) is -0.122. The van der Waals surface area contributed by atoms with Crippen LogP contribution < -0.4 is 4.74 Å². The molecular weight excluding hydrogens is 246 g/mol. The minimum absolute atomic E-state index is 0.0459. The number of hydrogen-bond donors (Lipinski definition) is 0. The molecular formula is C16H16F2O. The highest BCUT2D eigenvalue weighted by Crippen LogP contribution is 2.20. The average molecular weight is 262 g/mol. The molecule has 0 unspecified atom stereocenters. The molecule has 0 amide bonds. The molecule has 100 valence electrons. The third-order valence-corrected chi connectivity index (χ3v) is 2.99. The lowest BCUT2D eigenvalue weighted by atomic mass is 10.0. The van der Waals surface area contributed by atoms with Crippen molar-refractivity contribution in [3.63, 3.8) is 0 Å². The van der Waals surface area contributed by atoms with Gasteiger partial charge in [-0.25, -0.2) is 8.78 Å². The Bertz CT molecular complexity index is 527. The standard InChI is InChI=1S/C16H16F2O/c1-11(2)12-6-8-13(9-7-12)19-10-14-15(17)4-3-5-16(14)18/h3-9,11H,10H2,1-2H3. The third kappa shape index (κ3) is 3.31. The fraction of sp³-hybridized carbons (Fsp3) is 0.250. The third-order valence-electron chi connectivity index (χ3n) is 2.99. The molecule has 0 fully saturated rings. The Labute approximate surface area is 111 Å². The smallest absolute Gasteiger partial charge is 0.132 e. The fourth-order valence-electron chi connectivity index (χ4n) is 1.77. The van der Waals surface area contributed by atoms with E-state index in [1.54, 1.807) is 0 Å². The van der Waals surface area contributed by atoms with Gasteiger partial charge in [-0.2, -0.15) is 0 Å². The Kier molecular flexibility index (Phi) is 4.15. The zero-order chi connectivity index (χ0) is 13.8. The van der Waals surface area contributed by atoms with E-state index in [-0.39, 0.29) is 12.2 Å². The maximum atomic E-state index is 13.4. The first-order valence-electron chi connectivity index (χ1n) is 6.23. The predicted molar refractivity (Wildman–Crippen MR) is 71.2 cm³/mol. The van der Waals surface area contributed by atoms with Gasteiger partial charge < -0.3 is 4.74 Å². The molecule has 0 saturated carbocycles. The fourth-order valence-corrected chi connectivity index (χ4v) is 1.77. The van der Waals surface area contributed by atoms with Crippen LogP contribution >= 0.6 is 0 Å². The van der Waals surface area contributed by atoms with Gasteiger partial charge in [0, 0.05) is 0 Å². The van der Waals surface area contributed by atoms with Gasteiger partial charge in [-0.1, -0.05) is 32.0 Å². The summed E-state index contributed by atoms with van der Waals surface area (Å²) in [7, 11) is 0. The van der Waals surface area contributed by atoms with Crippen LogP contribution in [-0.2, 0) is 6.61 Å². The molecule has 0 spiro atoms. The van der Waals surface area contributed by atoms with Gasteiger partial charge in [0.2, 0.25) is 0 Å². The van der Waals surface area contributed by atoms with Crippen LogP contribution in [-0.4, -0.2) is 0 Å². The van der Waals surface area contributed by atoms with E-state index >= 15 is 0 Å². The molecule has 0 aromatic heterocycles. The van der Waals surface area contributed by atoms with Gasteiger partial charge >= 0.3 is 0 Å². The summed E-state index contributed by atoms with van der Waals surface area (Å²) in [4.78, 5) is 0. The summed E-state index contributed by atoms with van der Waals surface area (Å²) < 4.78 is 32.2. The topological polar surface area (TPSA) is 9.23 Å². The number of ether oxygens (including phenoxy) is 1. The molecule has 0 N–H and O–H groups in total. The first-order valence-corrected chi connectivity index (χ1v) is 6.23. The van der Waals surface area contributed by atoms with Crippen molar-refractivity contribution in [2.45, 2.75) is 26.4 Å². The van der Waals surface area contributed by atoms with E-state index in [1.165, 1.54) is 23.8 Å². The molecule has 19 heavy (non-hydrogen) atoms. The number of benzene rings is 2. The highest BCUT2D eigenvalue weighted by Gasteiger charge is 2.09. The SMILES string of the molecule is CC(C)c1ccc(OCc2c(F)cccc2F)cc1. The monoisotopic (exact) mass is 262 g/mol. The Morgan fingerprint density at radius 2 is 1.53 bits per heavy atom. The van der Waals surface area contributed by atoms with Crippen LogP contribution in [0, 0.1) is 11.6 Å². The molecule has 0 aliphatic carbocycles. The van der Waals surface area contributed by atoms with Crippen molar-refractivity contribution >= 4 is 0 Å². The molecule has 0 aliphatic heterocycles. The molecule has 0 bridgehead atoms. The molecule has 0 heterocycles. The van der Waals surface area contributed by atoms with Gasteiger partial charge in [-0.3, -0.25) is 0 Å². The summed E-state index contributed by atoms with van der Waals surface area (Å²) in [5.41, 5.74) is 1.15. The van der Waals surface area contributed by atoms with Crippen LogP contribution in [0.4, 0.5) is 8.78 Å². The first-order chi connectivity index (χ1) is 9.08. The maximum Gasteiger partial charge on any atom is 0.132 e. The van der Waals surface area contributed by atoms with Gasteiger partial charge in [0.1, 0.15) is 24.0 Å². The van der Waals surface area contributed by atoms with Crippen LogP contribution in [0.15, 0.2) is 42.5 Å². The highest BCUT2D eigenvalue weighted by molar-refractivity contribution is 5.29. The van der Waals surface area contributed by atoms with E-state index in [0.717, 1.165) is 0 Å². The molecule has 0 atom stereocenters. The van der Waals surface area contributed by atoms with E-state index in [9.17, 15) is 8.78 Å². The number of halogens is 2. The van der Waals surface area contributed by atoms with Crippen molar-refractivity contribution in [3.8, 4) is 5.75 Å². The zero-order valence-corrected chi connectivity index (χ0v) is 11.0. The number of hydrogen-bond acceptors (Lipinski definition) is 1. The van der Waals surface area contributed by atoms with Crippen LogP contribution in [0.3, 0.4) is 0 Å². The van der Waals surface area contributed by atoms with E-state index in [1.807, 2.05) is 24.3 Å². The highest BCUT2D eigenvalue weighted by atomic mass is 19.1. The predicted octanol–water partition coefficient (Wildman–Crippen LogP) is 4.67. The Morgan fingerprint density at radius 1 is 0.947 bits per heavy atom. The second-order valence-electron chi connectivity index (χ2n) is 4.71. The second-order valence-corrected chi connectivity index (χ2v) is 4.71. The maximum absolute atomic E-state index is 13.4. The van der Waals surface area contributed by atoms with Crippen molar-refractivity contribution in [2.24, 2.45) is 0 Å². The van der Waals surface area contributed by atoms with Crippen molar-refractivity contribution in [1.82, 2.24) is 0 Å². The molecule has 3 heteroatoms. The molecule has 2 rings (SSSR count). The van der Waals surface area contributed by atoms with Crippen molar-refractivity contribution < 1.29 is 13.5 Å². The van der Waals surface area contributed by atoms with E-state index < -0.39 is 11.6 Å². The summed E-state index contributed by atoms with van der Waals surface area (Å²) in [6, 6.07) is 11.3. The Morgan fingerprint density at radius 3 is 2.05 bits per heavy atom. The molecule has 1 nitrogen and oxygen atoms in total. The summed E-state index contributed by atoms with van der Waals surface area (Å²) in [5, 5.41) is 0. The zero-order valence-electron chi connectivity index (χ0n) is 11.0. The average Bonchev–Trinajstić information content (AvgIpc) is 2.38. The lowest BCUT2D eigenvalue weighted by molar-refractivity contribution is 0.292. The summed E-state index contributed by atoms with van der Waals surface area (Å²) >= 11 is 0.